The van der Waals surface area contributed by atoms with Crippen LogP contribution in [0, 0.1) is 10.1 Å². The van der Waals surface area contributed by atoms with E-state index >= 15 is 0 Å². The highest BCUT2D eigenvalue weighted by Gasteiger charge is 2.18. The molecular formula is C13H21N5O3. The number of hydrogen-bond donors (Lipinski definition) is 1. The summed E-state index contributed by atoms with van der Waals surface area (Å²) in [4.78, 5) is 18.8. The summed E-state index contributed by atoms with van der Waals surface area (Å²) >= 11 is 0. The molecule has 2 rings (SSSR count). The predicted octanol–water partition coefficient (Wildman–Crippen LogP) is 0.0871. The molecule has 1 saturated heterocycles. The van der Waals surface area contributed by atoms with Gasteiger partial charge in [0.05, 0.1) is 18.1 Å². The molecule has 0 atom stereocenters. The number of nitrogens with two attached hydrogens (primary N) is 1. The van der Waals surface area contributed by atoms with Crippen molar-refractivity contribution in [2.75, 3.05) is 57.4 Å². The highest BCUT2D eigenvalue weighted by molar-refractivity contribution is 5.43. The summed E-state index contributed by atoms with van der Waals surface area (Å²) in [7, 11) is 0. The van der Waals surface area contributed by atoms with Crippen LogP contribution in [-0.4, -0.2) is 67.3 Å². The Kier molecular flexibility index (Phi) is 5.85. The van der Waals surface area contributed by atoms with Gasteiger partial charge >= 0.3 is 0 Å². The highest BCUT2D eigenvalue weighted by atomic mass is 16.6. The van der Waals surface area contributed by atoms with Crippen molar-refractivity contribution in [1.29, 1.82) is 0 Å². The van der Waals surface area contributed by atoms with Gasteiger partial charge in [-0.25, -0.2) is 4.98 Å². The summed E-state index contributed by atoms with van der Waals surface area (Å²) in [5, 5.41) is 10.6. The minimum Gasteiger partial charge on any atom is -0.379 e. The summed E-state index contributed by atoms with van der Waals surface area (Å²) < 4.78 is 5.38. The van der Waals surface area contributed by atoms with Gasteiger partial charge in [0.15, 0.2) is 0 Å². The quantitative estimate of drug-likeness (QED) is 0.432. The molecule has 0 amide bonds. The maximum absolute atomic E-state index is 10.6. The predicted molar refractivity (Wildman–Crippen MR) is 79.4 cm³/mol. The van der Waals surface area contributed by atoms with Crippen molar-refractivity contribution >= 4 is 11.5 Å². The molecular weight excluding hydrogens is 274 g/mol. The molecule has 2 N–H and O–H groups in total. The normalized spacial score (nSPS) is 16.1. The van der Waals surface area contributed by atoms with Crippen LogP contribution in [0.15, 0.2) is 18.3 Å². The van der Waals surface area contributed by atoms with E-state index in [2.05, 4.69) is 14.8 Å². The fourth-order valence-corrected chi connectivity index (χ4v) is 2.25. The van der Waals surface area contributed by atoms with Gasteiger partial charge in [-0.3, -0.25) is 15.0 Å². The lowest BCUT2D eigenvalue weighted by atomic mass is 10.3. The Morgan fingerprint density at radius 3 is 2.62 bits per heavy atom. The Bertz CT molecular complexity index is 446. The van der Waals surface area contributed by atoms with Gasteiger partial charge in [0.25, 0.3) is 5.69 Å². The average molecular weight is 295 g/mol. The third-order valence-electron chi connectivity index (χ3n) is 3.45. The first-order valence-electron chi connectivity index (χ1n) is 7.06. The van der Waals surface area contributed by atoms with Crippen molar-refractivity contribution in [3.05, 3.63) is 28.4 Å². The fourth-order valence-electron chi connectivity index (χ4n) is 2.25. The van der Waals surface area contributed by atoms with Crippen molar-refractivity contribution in [1.82, 2.24) is 9.88 Å². The Labute approximate surface area is 123 Å². The van der Waals surface area contributed by atoms with Crippen LogP contribution in [0.1, 0.15) is 0 Å². The number of ether oxygens (including phenoxy) is 1. The molecule has 1 aliphatic heterocycles. The number of aromatic nitrogens is 1. The van der Waals surface area contributed by atoms with Gasteiger partial charge in [0, 0.05) is 45.3 Å². The molecule has 0 bridgehead atoms. The van der Waals surface area contributed by atoms with Gasteiger partial charge in [-0.1, -0.05) is 0 Å². The van der Waals surface area contributed by atoms with E-state index in [0.717, 1.165) is 38.5 Å². The summed E-state index contributed by atoms with van der Waals surface area (Å²) in [5.41, 5.74) is 5.39. The minimum absolute atomic E-state index is 0.0226. The van der Waals surface area contributed by atoms with E-state index in [-0.39, 0.29) is 5.69 Å². The van der Waals surface area contributed by atoms with Crippen LogP contribution >= 0.6 is 0 Å². The highest BCUT2D eigenvalue weighted by Crippen LogP contribution is 2.17. The van der Waals surface area contributed by atoms with E-state index in [1.807, 2.05) is 0 Å². The maximum Gasteiger partial charge on any atom is 0.287 e. The van der Waals surface area contributed by atoms with E-state index in [1.54, 1.807) is 6.07 Å². The topological polar surface area (TPSA) is 97.8 Å². The molecule has 0 aromatic carbocycles. The molecule has 0 unspecified atom stereocenters. The zero-order valence-corrected chi connectivity index (χ0v) is 12.0. The average Bonchev–Trinajstić information content (AvgIpc) is 2.52. The minimum atomic E-state index is -0.434. The first-order chi connectivity index (χ1) is 10.2. The smallest absolute Gasteiger partial charge is 0.287 e. The number of hydrogen-bond acceptors (Lipinski definition) is 7. The number of piperazine rings is 1. The largest absolute Gasteiger partial charge is 0.379 e. The molecule has 1 fully saturated rings. The second kappa shape index (κ2) is 7.87. The van der Waals surface area contributed by atoms with Gasteiger partial charge in [0.1, 0.15) is 12.0 Å². The molecule has 0 saturated carbocycles. The van der Waals surface area contributed by atoms with Crippen LogP contribution in [0.2, 0.25) is 0 Å². The van der Waals surface area contributed by atoms with Gasteiger partial charge in [-0.05, 0) is 6.07 Å². The standard InChI is InChI=1S/C13H21N5O3/c14-3-9-21-10-8-16-4-6-17(7-5-16)13-2-1-12(11-15-13)18(19)20/h1-2,11H,3-10,14H2. The SMILES string of the molecule is NCCOCCN1CCN(c2ccc([N+](=O)[O-])cn2)CC1. The Morgan fingerprint density at radius 2 is 2.05 bits per heavy atom. The third-order valence-corrected chi connectivity index (χ3v) is 3.45. The van der Waals surface area contributed by atoms with Gasteiger partial charge < -0.3 is 15.4 Å². The molecule has 0 spiro atoms. The van der Waals surface area contributed by atoms with Gasteiger partial charge in [0.2, 0.25) is 0 Å². The Balaban J connectivity index is 1.76. The second-order valence-electron chi connectivity index (χ2n) is 4.86. The van der Waals surface area contributed by atoms with Crippen LogP contribution in [0.25, 0.3) is 0 Å². The molecule has 2 heterocycles. The summed E-state index contributed by atoms with van der Waals surface area (Å²) in [5.74, 6) is 0.791. The Morgan fingerprint density at radius 1 is 1.29 bits per heavy atom. The van der Waals surface area contributed by atoms with Crippen molar-refractivity contribution in [3.8, 4) is 0 Å². The first kappa shape index (κ1) is 15.6. The van der Waals surface area contributed by atoms with E-state index in [0.29, 0.717) is 19.8 Å². The van der Waals surface area contributed by atoms with Crippen LogP contribution < -0.4 is 10.6 Å². The van der Waals surface area contributed by atoms with Crippen LogP contribution in [-0.2, 0) is 4.74 Å². The molecule has 8 nitrogen and oxygen atoms in total. The zero-order chi connectivity index (χ0) is 15.1. The van der Waals surface area contributed by atoms with Crippen molar-refractivity contribution < 1.29 is 9.66 Å². The number of rotatable bonds is 7. The molecule has 1 aromatic rings. The van der Waals surface area contributed by atoms with Crippen molar-refractivity contribution in [2.45, 2.75) is 0 Å². The van der Waals surface area contributed by atoms with E-state index in [9.17, 15) is 10.1 Å². The fraction of sp³-hybridized carbons (Fsp3) is 0.615. The number of anilines is 1. The lowest BCUT2D eigenvalue weighted by Crippen LogP contribution is -2.47. The van der Waals surface area contributed by atoms with Crippen LogP contribution in [0.4, 0.5) is 11.5 Å². The van der Waals surface area contributed by atoms with Gasteiger partial charge in [-0.2, -0.15) is 0 Å². The van der Waals surface area contributed by atoms with Crippen molar-refractivity contribution in [3.63, 3.8) is 0 Å². The lowest BCUT2D eigenvalue weighted by Gasteiger charge is -2.35. The second-order valence-corrected chi connectivity index (χ2v) is 4.86. The number of pyridine rings is 1. The molecule has 116 valence electrons. The zero-order valence-electron chi connectivity index (χ0n) is 12.0. The molecule has 1 aliphatic rings. The molecule has 0 aliphatic carbocycles. The summed E-state index contributed by atoms with van der Waals surface area (Å²) in [6, 6.07) is 3.20. The van der Waals surface area contributed by atoms with Gasteiger partial charge in [-0.15, -0.1) is 0 Å². The Hall–Kier alpha value is -1.77. The summed E-state index contributed by atoms with van der Waals surface area (Å²) in [6.07, 6.45) is 1.31. The van der Waals surface area contributed by atoms with Crippen LogP contribution in [0.5, 0.6) is 0 Å². The number of nitrogens with zero attached hydrogens (tertiary/aromatic N) is 4. The molecule has 21 heavy (non-hydrogen) atoms. The molecule has 8 heteroatoms. The van der Waals surface area contributed by atoms with Crippen molar-refractivity contribution in [2.24, 2.45) is 5.73 Å². The maximum atomic E-state index is 10.6. The lowest BCUT2D eigenvalue weighted by molar-refractivity contribution is -0.385. The first-order valence-corrected chi connectivity index (χ1v) is 7.06. The monoisotopic (exact) mass is 295 g/mol. The van der Waals surface area contributed by atoms with E-state index in [1.165, 1.54) is 12.3 Å². The molecule has 1 aromatic heterocycles. The van der Waals surface area contributed by atoms with E-state index in [4.69, 9.17) is 10.5 Å². The van der Waals surface area contributed by atoms with E-state index < -0.39 is 4.92 Å². The number of nitro groups is 1. The summed E-state index contributed by atoms with van der Waals surface area (Å²) in [6.45, 7) is 6.36. The van der Waals surface area contributed by atoms with Crippen LogP contribution in [0.3, 0.4) is 0 Å². The third kappa shape index (κ3) is 4.62. The molecule has 0 radical (unpaired) electrons.